The number of aryl methyl sites for hydroxylation is 1. The summed E-state index contributed by atoms with van der Waals surface area (Å²) in [5.74, 6) is 0.734. The van der Waals surface area contributed by atoms with E-state index in [1.165, 1.54) is 9.80 Å². The summed E-state index contributed by atoms with van der Waals surface area (Å²) in [5.41, 5.74) is 2.45. The third-order valence-electron chi connectivity index (χ3n) is 5.69. The zero-order valence-corrected chi connectivity index (χ0v) is 16.9. The molecule has 2 heterocycles. The van der Waals surface area contributed by atoms with E-state index in [0.29, 0.717) is 33.9 Å². The summed E-state index contributed by atoms with van der Waals surface area (Å²) in [5, 5.41) is 11.6. The minimum absolute atomic E-state index is 0.0832. The molecule has 6 heteroatoms. The van der Waals surface area contributed by atoms with Crippen molar-refractivity contribution in [1.29, 1.82) is 0 Å². The fourth-order valence-corrected chi connectivity index (χ4v) is 4.12. The first-order valence-corrected chi connectivity index (χ1v) is 10.0. The van der Waals surface area contributed by atoms with Gasteiger partial charge in [-0.25, -0.2) is 0 Å². The van der Waals surface area contributed by atoms with Crippen LogP contribution in [0, 0.1) is 6.92 Å². The molecule has 0 unspecified atom stereocenters. The van der Waals surface area contributed by atoms with Gasteiger partial charge in [0.2, 0.25) is 5.43 Å². The second-order valence-electron chi connectivity index (χ2n) is 7.69. The predicted molar refractivity (Wildman–Crippen MR) is 110 cm³/mol. The zero-order chi connectivity index (χ0) is 19.8. The molecule has 0 aliphatic carbocycles. The topological polar surface area (TPSA) is 59.3 Å². The van der Waals surface area contributed by atoms with Gasteiger partial charge in [-0.05, 0) is 36.8 Å². The summed E-state index contributed by atoms with van der Waals surface area (Å²) < 4.78 is 6.12. The number of quaternary nitrogens is 2. The number of rotatable bonds is 3. The number of halogens is 1. The molecule has 0 spiro atoms. The number of phenolic OH excluding ortho intramolecular Hbond substituents is 1. The second-order valence-corrected chi connectivity index (χ2v) is 8.13. The van der Waals surface area contributed by atoms with Crippen LogP contribution < -0.4 is 15.2 Å². The molecule has 28 heavy (non-hydrogen) atoms. The van der Waals surface area contributed by atoms with Gasteiger partial charge in [0.25, 0.3) is 0 Å². The van der Waals surface area contributed by atoms with Crippen molar-refractivity contribution in [3.8, 4) is 16.9 Å². The Bertz CT molecular complexity index is 1070. The van der Waals surface area contributed by atoms with Crippen molar-refractivity contribution in [1.82, 2.24) is 0 Å². The summed E-state index contributed by atoms with van der Waals surface area (Å²) in [4.78, 5) is 16.2. The molecule has 0 bridgehead atoms. The van der Waals surface area contributed by atoms with Gasteiger partial charge in [0.1, 0.15) is 44.2 Å². The number of hydrogen-bond acceptors (Lipinski definition) is 3. The van der Waals surface area contributed by atoms with Crippen LogP contribution >= 0.6 is 11.6 Å². The smallest absolute Gasteiger partial charge is 0.200 e. The molecule has 1 saturated heterocycles. The number of piperazine rings is 1. The van der Waals surface area contributed by atoms with Crippen molar-refractivity contribution in [2.75, 3.05) is 33.2 Å². The molecular weight excluding hydrogens is 376 g/mol. The Labute approximate surface area is 168 Å². The van der Waals surface area contributed by atoms with E-state index in [9.17, 15) is 9.90 Å². The normalized spacial score (nSPS) is 19.8. The highest BCUT2D eigenvalue weighted by atomic mass is 35.5. The molecule has 5 nitrogen and oxygen atoms in total. The molecule has 0 radical (unpaired) electrons. The Kier molecular flexibility index (Phi) is 5.15. The second kappa shape index (κ2) is 7.59. The molecular formula is C22H25ClN2O3+2. The molecule has 0 saturated carbocycles. The number of benzene rings is 2. The summed E-state index contributed by atoms with van der Waals surface area (Å²) in [6, 6.07) is 10.4. The van der Waals surface area contributed by atoms with Crippen molar-refractivity contribution < 1.29 is 19.3 Å². The van der Waals surface area contributed by atoms with Crippen LogP contribution in [0.15, 0.2) is 45.6 Å². The highest BCUT2D eigenvalue weighted by Crippen LogP contribution is 2.30. The minimum atomic E-state index is -0.0832. The Hall–Kier alpha value is -2.34. The first-order chi connectivity index (χ1) is 13.4. The van der Waals surface area contributed by atoms with Gasteiger partial charge in [-0.3, -0.25) is 4.79 Å². The summed E-state index contributed by atoms with van der Waals surface area (Å²) in [6.45, 7) is 6.72. The first-order valence-electron chi connectivity index (χ1n) is 9.63. The average Bonchev–Trinajstić information content (AvgIpc) is 2.67. The van der Waals surface area contributed by atoms with E-state index in [0.717, 1.165) is 37.3 Å². The van der Waals surface area contributed by atoms with Crippen LogP contribution in [0.25, 0.3) is 22.1 Å². The third kappa shape index (κ3) is 3.53. The quantitative estimate of drug-likeness (QED) is 0.615. The van der Waals surface area contributed by atoms with Crippen molar-refractivity contribution in [2.45, 2.75) is 13.5 Å². The fraction of sp³-hybridized carbons (Fsp3) is 0.318. The molecule has 3 aromatic rings. The Morgan fingerprint density at radius 1 is 1.07 bits per heavy atom. The van der Waals surface area contributed by atoms with Crippen molar-refractivity contribution in [2.24, 2.45) is 0 Å². The predicted octanol–water partition coefficient (Wildman–Crippen LogP) is 1.04. The van der Waals surface area contributed by atoms with E-state index in [2.05, 4.69) is 7.05 Å². The third-order valence-corrected chi connectivity index (χ3v) is 5.94. The lowest BCUT2D eigenvalue weighted by Crippen LogP contribution is -3.26. The summed E-state index contributed by atoms with van der Waals surface area (Å²) in [7, 11) is 2.20. The lowest BCUT2D eigenvalue weighted by atomic mass is 10.0. The lowest BCUT2D eigenvalue weighted by molar-refractivity contribution is -1.01. The maximum atomic E-state index is 13.2. The van der Waals surface area contributed by atoms with Crippen molar-refractivity contribution in [3.05, 3.63) is 63.0 Å². The first kappa shape index (κ1) is 19.0. The zero-order valence-electron chi connectivity index (χ0n) is 16.1. The molecule has 1 aromatic heterocycles. The van der Waals surface area contributed by atoms with E-state index in [1.807, 2.05) is 12.1 Å². The molecule has 0 atom stereocenters. The Morgan fingerprint density at radius 3 is 2.43 bits per heavy atom. The van der Waals surface area contributed by atoms with Gasteiger partial charge < -0.3 is 19.3 Å². The van der Waals surface area contributed by atoms with Gasteiger partial charge in [0.15, 0.2) is 5.58 Å². The number of phenols is 1. The molecule has 2 aromatic carbocycles. The lowest BCUT2D eigenvalue weighted by Gasteiger charge is -2.27. The molecule has 0 amide bonds. The maximum absolute atomic E-state index is 13.2. The summed E-state index contributed by atoms with van der Waals surface area (Å²) >= 11 is 5.98. The molecule has 3 N–H and O–H groups in total. The number of aromatic hydroxyl groups is 1. The van der Waals surface area contributed by atoms with E-state index < -0.39 is 0 Å². The Balaban J connectivity index is 1.81. The monoisotopic (exact) mass is 400 g/mol. The molecule has 1 aliphatic rings. The van der Waals surface area contributed by atoms with Crippen LogP contribution in [0.2, 0.25) is 5.02 Å². The highest BCUT2D eigenvalue weighted by molar-refractivity contribution is 6.30. The van der Waals surface area contributed by atoms with Crippen LogP contribution in [0.1, 0.15) is 11.3 Å². The largest absolute Gasteiger partial charge is 0.507 e. The van der Waals surface area contributed by atoms with Crippen LogP contribution in [-0.2, 0) is 6.54 Å². The number of likely N-dealkylation sites (N-methyl/N-ethyl adjacent to an activating group) is 1. The SMILES string of the molecule is Cc1oc2c(C[NH+]3CC[NH+](C)CC3)c(O)ccc2c(=O)c1-c1ccc(Cl)cc1. The molecule has 1 fully saturated rings. The van der Waals surface area contributed by atoms with Gasteiger partial charge in [0.05, 0.1) is 23.6 Å². The van der Waals surface area contributed by atoms with Crippen molar-refractivity contribution in [3.63, 3.8) is 0 Å². The van der Waals surface area contributed by atoms with E-state index in [-0.39, 0.29) is 11.2 Å². The van der Waals surface area contributed by atoms with Crippen molar-refractivity contribution >= 4 is 22.6 Å². The standard InChI is InChI=1S/C22H23ClN2O3/c1-14-20(15-3-5-16(23)6-4-15)21(27)17-7-8-19(26)18(22(17)28-14)13-25-11-9-24(2)10-12-25/h3-8,26H,9-13H2,1-2H3/p+2. The van der Waals surface area contributed by atoms with Crippen LogP contribution in [0.4, 0.5) is 0 Å². The van der Waals surface area contributed by atoms with E-state index in [1.54, 1.807) is 31.2 Å². The van der Waals surface area contributed by atoms with Gasteiger partial charge in [-0.15, -0.1) is 0 Å². The van der Waals surface area contributed by atoms with Crippen LogP contribution in [0.3, 0.4) is 0 Å². The van der Waals surface area contributed by atoms with Gasteiger partial charge in [-0.1, -0.05) is 23.7 Å². The number of nitrogens with one attached hydrogen (secondary N) is 2. The highest BCUT2D eigenvalue weighted by Gasteiger charge is 2.24. The van der Waals surface area contributed by atoms with Crippen LogP contribution in [-0.4, -0.2) is 38.3 Å². The average molecular weight is 401 g/mol. The number of hydrogen-bond donors (Lipinski definition) is 3. The maximum Gasteiger partial charge on any atom is 0.200 e. The fourth-order valence-electron chi connectivity index (χ4n) is 3.99. The van der Waals surface area contributed by atoms with Crippen LogP contribution in [0.5, 0.6) is 5.75 Å². The molecule has 4 rings (SSSR count). The van der Waals surface area contributed by atoms with Gasteiger partial charge in [-0.2, -0.15) is 0 Å². The Morgan fingerprint density at radius 2 is 1.75 bits per heavy atom. The number of fused-ring (bicyclic) bond motifs is 1. The molecule has 146 valence electrons. The van der Waals surface area contributed by atoms with E-state index in [4.69, 9.17) is 16.0 Å². The summed E-state index contributed by atoms with van der Waals surface area (Å²) in [6.07, 6.45) is 0. The molecule has 1 aliphatic heterocycles. The minimum Gasteiger partial charge on any atom is -0.507 e. The van der Waals surface area contributed by atoms with Gasteiger partial charge >= 0.3 is 0 Å². The van der Waals surface area contributed by atoms with Gasteiger partial charge in [0, 0.05) is 5.02 Å². The van der Waals surface area contributed by atoms with E-state index >= 15 is 0 Å².